The van der Waals surface area contributed by atoms with Crippen molar-refractivity contribution in [2.45, 2.75) is 0 Å². The Balaban J connectivity index is 1.85. The van der Waals surface area contributed by atoms with Gasteiger partial charge >= 0.3 is 0 Å². The highest BCUT2D eigenvalue weighted by molar-refractivity contribution is 5.95. The van der Waals surface area contributed by atoms with Gasteiger partial charge in [0.05, 0.1) is 12.7 Å². The van der Waals surface area contributed by atoms with E-state index in [0.29, 0.717) is 0 Å². The van der Waals surface area contributed by atoms with Crippen molar-refractivity contribution in [2.24, 2.45) is 0 Å². The Morgan fingerprint density at radius 1 is 1.04 bits per heavy atom. The minimum absolute atomic E-state index is 0.0971. The predicted molar refractivity (Wildman–Crippen MR) is 80.5 cm³/mol. The van der Waals surface area contributed by atoms with Crippen molar-refractivity contribution in [2.75, 3.05) is 13.7 Å². The first-order chi connectivity index (χ1) is 11.5. The van der Waals surface area contributed by atoms with Crippen LogP contribution < -0.4 is 20.3 Å². The number of benzene rings is 2. The summed E-state index contributed by atoms with van der Waals surface area (Å²) in [5.74, 6) is -2.85. The van der Waals surface area contributed by atoms with Crippen LogP contribution in [0.4, 0.5) is 8.78 Å². The van der Waals surface area contributed by atoms with Gasteiger partial charge in [0.2, 0.25) is 0 Å². The number of rotatable bonds is 5. The first kappa shape index (κ1) is 17.2. The fourth-order valence-electron chi connectivity index (χ4n) is 1.74. The van der Waals surface area contributed by atoms with Gasteiger partial charge in [0, 0.05) is 6.07 Å². The minimum atomic E-state index is -0.852. The highest BCUT2D eigenvalue weighted by atomic mass is 19.1. The number of methoxy groups -OCH3 is 1. The van der Waals surface area contributed by atoms with Crippen LogP contribution in [0.1, 0.15) is 10.4 Å². The van der Waals surface area contributed by atoms with Gasteiger partial charge < -0.3 is 9.47 Å². The lowest BCUT2D eigenvalue weighted by atomic mass is 10.2. The van der Waals surface area contributed by atoms with E-state index in [2.05, 4.69) is 0 Å². The molecule has 0 spiro atoms. The van der Waals surface area contributed by atoms with E-state index >= 15 is 0 Å². The number of hydrazine groups is 1. The van der Waals surface area contributed by atoms with Gasteiger partial charge in [-0.05, 0) is 24.3 Å². The molecule has 0 aliphatic heterocycles. The van der Waals surface area contributed by atoms with Crippen LogP contribution in [0.25, 0.3) is 0 Å². The summed E-state index contributed by atoms with van der Waals surface area (Å²) in [6.45, 7) is -0.522. The molecule has 24 heavy (non-hydrogen) atoms. The molecule has 0 aliphatic rings. The number of hydrogen-bond acceptors (Lipinski definition) is 4. The zero-order chi connectivity index (χ0) is 17.5. The number of para-hydroxylation sites is 1. The van der Waals surface area contributed by atoms with Crippen LogP contribution in [0.2, 0.25) is 0 Å². The van der Waals surface area contributed by atoms with Gasteiger partial charge in [0.25, 0.3) is 11.8 Å². The first-order valence-electron chi connectivity index (χ1n) is 6.81. The number of carbonyl (C=O) groups is 2. The lowest BCUT2D eigenvalue weighted by Gasteiger charge is -2.10. The van der Waals surface area contributed by atoms with Crippen LogP contribution >= 0.6 is 0 Å². The molecule has 0 radical (unpaired) electrons. The summed E-state index contributed by atoms with van der Waals surface area (Å²) in [5.41, 5.74) is 3.81. The molecule has 0 saturated heterocycles. The normalized spacial score (nSPS) is 9.96. The molecule has 0 atom stereocenters. The zero-order valence-electron chi connectivity index (χ0n) is 12.6. The summed E-state index contributed by atoms with van der Waals surface area (Å²) in [6, 6.07) is 9.22. The third-order valence-electron chi connectivity index (χ3n) is 2.93. The largest absolute Gasteiger partial charge is 0.497 e. The molecule has 0 bridgehead atoms. The Morgan fingerprint density at radius 3 is 2.46 bits per heavy atom. The molecule has 0 unspecified atom stereocenters. The second-order valence-corrected chi connectivity index (χ2v) is 4.57. The molecule has 0 aliphatic carbocycles. The number of ether oxygens (including phenoxy) is 2. The molecule has 8 heteroatoms. The van der Waals surface area contributed by atoms with Crippen molar-refractivity contribution in [1.29, 1.82) is 0 Å². The summed E-state index contributed by atoms with van der Waals surface area (Å²) in [6.07, 6.45) is 0. The molecular weight excluding hydrogens is 322 g/mol. The van der Waals surface area contributed by atoms with Gasteiger partial charge in [-0.25, -0.2) is 8.78 Å². The summed E-state index contributed by atoms with van der Waals surface area (Å²) >= 11 is 0. The molecule has 0 heterocycles. The van der Waals surface area contributed by atoms with Gasteiger partial charge in [-0.15, -0.1) is 0 Å². The number of nitrogens with one attached hydrogen (secondary N) is 2. The number of halogens is 2. The molecule has 0 fully saturated rings. The third kappa shape index (κ3) is 4.42. The summed E-state index contributed by atoms with van der Waals surface area (Å²) in [7, 11) is 1.37. The third-order valence-corrected chi connectivity index (χ3v) is 2.93. The van der Waals surface area contributed by atoms with E-state index in [-0.39, 0.29) is 17.1 Å². The van der Waals surface area contributed by atoms with E-state index in [4.69, 9.17) is 9.47 Å². The van der Waals surface area contributed by atoms with E-state index in [1.165, 1.54) is 37.4 Å². The van der Waals surface area contributed by atoms with Crippen LogP contribution in [-0.2, 0) is 4.79 Å². The molecule has 0 saturated carbocycles. The molecule has 2 rings (SSSR count). The average molecular weight is 336 g/mol. The number of amides is 2. The van der Waals surface area contributed by atoms with Crippen molar-refractivity contribution in [3.8, 4) is 11.5 Å². The smallest absolute Gasteiger partial charge is 0.276 e. The van der Waals surface area contributed by atoms with Crippen LogP contribution in [0.5, 0.6) is 11.5 Å². The molecule has 2 aromatic carbocycles. The van der Waals surface area contributed by atoms with E-state index < -0.39 is 30.1 Å². The highest BCUT2D eigenvalue weighted by Crippen LogP contribution is 2.16. The molecular formula is C16H14F2N2O4. The summed E-state index contributed by atoms with van der Waals surface area (Å²) < 4.78 is 36.8. The summed E-state index contributed by atoms with van der Waals surface area (Å²) in [4.78, 5) is 23.4. The fourth-order valence-corrected chi connectivity index (χ4v) is 1.74. The highest BCUT2D eigenvalue weighted by Gasteiger charge is 2.14. The second-order valence-electron chi connectivity index (χ2n) is 4.57. The Kier molecular flexibility index (Phi) is 5.67. The first-order valence-corrected chi connectivity index (χ1v) is 6.81. The van der Waals surface area contributed by atoms with E-state index in [0.717, 1.165) is 6.07 Å². The zero-order valence-corrected chi connectivity index (χ0v) is 12.6. The second kappa shape index (κ2) is 7.91. The Bertz CT molecular complexity index is 753. The van der Waals surface area contributed by atoms with Crippen molar-refractivity contribution < 1.29 is 27.8 Å². The van der Waals surface area contributed by atoms with Gasteiger partial charge in [-0.3, -0.25) is 20.4 Å². The molecule has 126 valence electrons. The van der Waals surface area contributed by atoms with Crippen LogP contribution in [0.15, 0.2) is 42.5 Å². The quantitative estimate of drug-likeness (QED) is 0.817. The maximum Gasteiger partial charge on any atom is 0.276 e. The minimum Gasteiger partial charge on any atom is -0.497 e. The SMILES string of the molecule is COc1ccc(C(=O)NNC(=O)COc2ccccc2F)c(F)c1. The van der Waals surface area contributed by atoms with E-state index in [1.807, 2.05) is 10.9 Å². The van der Waals surface area contributed by atoms with Crippen LogP contribution in [0, 0.1) is 11.6 Å². The summed E-state index contributed by atoms with van der Waals surface area (Å²) in [5, 5.41) is 0. The molecule has 2 amide bonds. The van der Waals surface area contributed by atoms with Gasteiger partial charge in [0.1, 0.15) is 11.6 Å². The van der Waals surface area contributed by atoms with Gasteiger partial charge in [0.15, 0.2) is 18.2 Å². The monoisotopic (exact) mass is 336 g/mol. The Hall–Kier alpha value is -3.16. The lowest BCUT2D eigenvalue weighted by Crippen LogP contribution is -2.44. The predicted octanol–water partition coefficient (Wildman–Crippen LogP) is 1.81. The van der Waals surface area contributed by atoms with Gasteiger partial charge in [-0.2, -0.15) is 0 Å². The lowest BCUT2D eigenvalue weighted by molar-refractivity contribution is -0.123. The Morgan fingerprint density at radius 2 is 1.79 bits per heavy atom. The van der Waals surface area contributed by atoms with Crippen molar-refractivity contribution in [1.82, 2.24) is 10.9 Å². The van der Waals surface area contributed by atoms with E-state index in [9.17, 15) is 18.4 Å². The van der Waals surface area contributed by atoms with Gasteiger partial charge in [-0.1, -0.05) is 12.1 Å². The average Bonchev–Trinajstić information content (AvgIpc) is 2.58. The molecule has 6 nitrogen and oxygen atoms in total. The Labute approximate surface area is 136 Å². The fraction of sp³-hybridized carbons (Fsp3) is 0.125. The van der Waals surface area contributed by atoms with Crippen molar-refractivity contribution in [3.63, 3.8) is 0 Å². The van der Waals surface area contributed by atoms with E-state index in [1.54, 1.807) is 6.07 Å². The maximum atomic E-state index is 13.7. The molecule has 2 N–H and O–H groups in total. The van der Waals surface area contributed by atoms with Crippen molar-refractivity contribution >= 4 is 11.8 Å². The van der Waals surface area contributed by atoms with Crippen LogP contribution in [0.3, 0.4) is 0 Å². The maximum absolute atomic E-state index is 13.7. The number of hydrogen-bond donors (Lipinski definition) is 2. The van der Waals surface area contributed by atoms with Crippen molar-refractivity contribution in [3.05, 3.63) is 59.7 Å². The topological polar surface area (TPSA) is 76.7 Å². The van der Waals surface area contributed by atoms with Crippen LogP contribution in [-0.4, -0.2) is 25.5 Å². The number of carbonyl (C=O) groups excluding carboxylic acids is 2. The molecule has 0 aromatic heterocycles. The molecule has 2 aromatic rings. The standard InChI is InChI=1S/C16H14F2N2O4/c1-23-10-6-7-11(13(18)8-10)16(22)20-19-15(21)9-24-14-5-3-2-4-12(14)17/h2-8H,9H2,1H3,(H,19,21)(H,20,22).